The van der Waals surface area contributed by atoms with Gasteiger partial charge in [0.05, 0.1) is 35.6 Å². The molecule has 1 aromatic carbocycles. The van der Waals surface area contributed by atoms with Crippen molar-refractivity contribution in [2.24, 2.45) is 5.10 Å². The molecule has 0 saturated heterocycles. The van der Waals surface area contributed by atoms with Gasteiger partial charge in [-0.3, -0.25) is 5.43 Å². The summed E-state index contributed by atoms with van der Waals surface area (Å²) in [6.07, 6.45) is 4.99. The minimum absolute atomic E-state index is 0.597. The molecule has 4 rings (SSSR count). The van der Waals surface area contributed by atoms with Crippen molar-refractivity contribution in [2.75, 3.05) is 31.5 Å². The first-order valence-corrected chi connectivity index (χ1v) is 9.37. The Kier molecular flexibility index (Phi) is 4.90. The van der Waals surface area contributed by atoms with Crippen LogP contribution in [0, 0.1) is 0 Å². The van der Waals surface area contributed by atoms with Crippen molar-refractivity contribution in [1.29, 1.82) is 0 Å². The number of rotatable bonds is 6. The summed E-state index contributed by atoms with van der Waals surface area (Å²) in [4.78, 5) is 11.8. The summed E-state index contributed by atoms with van der Waals surface area (Å²) in [6.45, 7) is 0. The lowest BCUT2D eigenvalue weighted by Gasteiger charge is -2.06. The standard InChI is InChI=1S/C19H19N7OS/c1-25(2)17-8-7-15(28-17)10-22-24-18-16-11-23-26(19(16)21-12-20-18)13-5-4-6-14(9-13)27-3/h4-12H,1-3H3,(H,20,21,24)/b22-10+. The maximum absolute atomic E-state index is 5.29. The molecule has 0 amide bonds. The molecular weight excluding hydrogens is 374 g/mol. The van der Waals surface area contributed by atoms with Gasteiger partial charge in [-0.1, -0.05) is 6.07 Å². The second kappa shape index (κ2) is 7.65. The van der Waals surface area contributed by atoms with E-state index in [0.717, 1.165) is 21.7 Å². The van der Waals surface area contributed by atoms with Gasteiger partial charge < -0.3 is 9.64 Å². The Morgan fingerprint density at radius 1 is 1.21 bits per heavy atom. The summed E-state index contributed by atoms with van der Waals surface area (Å²) in [5.41, 5.74) is 4.54. The number of hydrogen-bond acceptors (Lipinski definition) is 8. The Bertz CT molecular complexity index is 1130. The molecule has 0 aliphatic rings. The Balaban J connectivity index is 1.60. The Hall–Kier alpha value is -3.46. The van der Waals surface area contributed by atoms with E-state index in [9.17, 15) is 0 Å². The highest BCUT2D eigenvalue weighted by Gasteiger charge is 2.11. The molecule has 3 heterocycles. The van der Waals surface area contributed by atoms with Crippen molar-refractivity contribution in [1.82, 2.24) is 19.7 Å². The highest BCUT2D eigenvalue weighted by molar-refractivity contribution is 7.17. The molecular formula is C19H19N7OS. The maximum atomic E-state index is 5.29. The average Bonchev–Trinajstić information content (AvgIpc) is 3.36. The van der Waals surface area contributed by atoms with Crippen LogP contribution < -0.4 is 15.1 Å². The Morgan fingerprint density at radius 3 is 2.89 bits per heavy atom. The van der Waals surface area contributed by atoms with Crippen molar-refractivity contribution in [3.63, 3.8) is 0 Å². The molecule has 0 aliphatic heterocycles. The molecule has 0 aliphatic carbocycles. The smallest absolute Gasteiger partial charge is 0.168 e. The summed E-state index contributed by atoms with van der Waals surface area (Å²) in [5, 5.41) is 10.7. The van der Waals surface area contributed by atoms with Crippen LogP contribution in [0.4, 0.5) is 10.8 Å². The fraction of sp³-hybridized carbons (Fsp3) is 0.158. The number of fused-ring (bicyclic) bond motifs is 1. The molecule has 0 fully saturated rings. The lowest BCUT2D eigenvalue weighted by molar-refractivity contribution is 0.414. The average molecular weight is 393 g/mol. The van der Waals surface area contributed by atoms with Gasteiger partial charge in [0.25, 0.3) is 0 Å². The summed E-state index contributed by atoms with van der Waals surface area (Å²) in [7, 11) is 5.67. The SMILES string of the molecule is COc1cccc(-n2ncc3c(N/N=C/c4ccc(N(C)C)s4)ncnc32)c1. The highest BCUT2D eigenvalue weighted by atomic mass is 32.1. The van der Waals surface area contributed by atoms with Gasteiger partial charge in [0, 0.05) is 25.0 Å². The predicted octanol–water partition coefficient (Wildman–Crippen LogP) is 3.40. The summed E-state index contributed by atoms with van der Waals surface area (Å²) in [5.74, 6) is 1.35. The fourth-order valence-corrected chi connectivity index (χ4v) is 3.47. The Morgan fingerprint density at radius 2 is 2.11 bits per heavy atom. The van der Waals surface area contributed by atoms with E-state index in [-0.39, 0.29) is 0 Å². The van der Waals surface area contributed by atoms with Crippen molar-refractivity contribution in [3.05, 3.63) is 53.8 Å². The van der Waals surface area contributed by atoms with Gasteiger partial charge in [-0.25, -0.2) is 14.6 Å². The van der Waals surface area contributed by atoms with Crippen LogP contribution in [0.25, 0.3) is 16.7 Å². The first-order valence-electron chi connectivity index (χ1n) is 8.55. The van der Waals surface area contributed by atoms with E-state index in [1.807, 2.05) is 44.4 Å². The van der Waals surface area contributed by atoms with E-state index in [1.54, 1.807) is 35.5 Å². The van der Waals surface area contributed by atoms with Crippen LogP contribution in [-0.2, 0) is 0 Å². The van der Waals surface area contributed by atoms with E-state index in [4.69, 9.17) is 4.74 Å². The second-order valence-corrected chi connectivity index (χ2v) is 7.25. The van der Waals surface area contributed by atoms with Gasteiger partial charge in [0.2, 0.25) is 0 Å². The normalized spacial score (nSPS) is 11.2. The fourth-order valence-electron chi connectivity index (χ4n) is 2.67. The van der Waals surface area contributed by atoms with Crippen LogP contribution in [0.1, 0.15) is 4.88 Å². The van der Waals surface area contributed by atoms with Crippen molar-refractivity contribution in [3.8, 4) is 11.4 Å². The Labute approximate surface area is 166 Å². The van der Waals surface area contributed by atoms with Crippen LogP contribution >= 0.6 is 11.3 Å². The lowest BCUT2D eigenvalue weighted by atomic mass is 10.3. The minimum atomic E-state index is 0.597. The quantitative estimate of drug-likeness (QED) is 0.399. The lowest BCUT2D eigenvalue weighted by Crippen LogP contribution is -2.05. The molecule has 3 aromatic heterocycles. The van der Waals surface area contributed by atoms with E-state index in [0.29, 0.717) is 11.5 Å². The predicted molar refractivity (Wildman–Crippen MR) is 113 cm³/mol. The third-order valence-corrected chi connectivity index (χ3v) is 5.27. The maximum Gasteiger partial charge on any atom is 0.168 e. The van der Waals surface area contributed by atoms with Gasteiger partial charge in [0.15, 0.2) is 11.5 Å². The highest BCUT2D eigenvalue weighted by Crippen LogP contribution is 2.24. The zero-order valence-corrected chi connectivity index (χ0v) is 16.5. The first kappa shape index (κ1) is 17.9. The topological polar surface area (TPSA) is 80.5 Å². The van der Waals surface area contributed by atoms with Gasteiger partial charge >= 0.3 is 0 Å². The third-order valence-electron chi connectivity index (χ3n) is 4.08. The molecule has 9 heteroatoms. The van der Waals surface area contributed by atoms with Crippen LogP contribution in [0.5, 0.6) is 5.75 Å². The first-order chi connectivity index (χ1) is 13.7. The van der Waals surface area contributed by atoms with Crippen LogP contribution in [-0.4, -0.2) is 47.2 Å². The zero-order valence-electron chi connectivity index (χ0n) is 15.7. The number of benzene rings is 1. The van der Waals surface area contributed by atoms with Gasteiger partial charge in [-0.05, 0) is 24.3 Å². The largest absolute Gasteiger partial charge is 0.497 e. The van der Waals surface area contributed by atoms with Gasteiger partial charge in [-0.2, -0.15) is 10.2 Å². The molecule has 4 aromatic rings. The monoisotopic (exact) mass is 393 g/mol. The number of nitrogens with one attached hydrogen (secondary N) is 1. The molecule has 1 N–H and O–H groups in total. The molecule has 142 valence electrons. The third kappa shape index (κ3) is 3.52. The summed E-state index contributed by atoms with van der Waals surface area (Å²) >= 11 is 1.66. The molecule has 28 heavy (non-hydrogen) atoms. The molecule has 8 nitrogen and oxygen atoms in total. The number of thiophene rings is 1. The number of hydrogen-bond donors (Lipinski definition) is 1. The second-order valence-electron chi connectivity index (χ2n) is 6.16. The van der Waals surface area contributed by atoms with Gasteiger partial charge in [0.1, 0.15) is 12.1 Å². The number of hydrazone groups is 1. The number of methoxy groups -OCH3 is 1. The molecule has 0 bridgehead atoms. The molecule has 0 unspecified atom stereocenters. The zero-order chi connectivity index (χ0) is 19.5. The molecule has 0 radical (unpaired) electrons. The number of nitrogens with zero attached hydrogens (tertiary/aromatic N) is 6. The summed E-state index contributed by atoms with van der Waals surface area (Å²) < 4.78 is 7.04. The minimum Gasteiger partial charge on any atom is -0.497 e. The van der Waals surface area contributed by atoms with Crippen molar-refractivity contribution < 1.29 is 4.74 Å². The molecule has 0 atom stereocenters. The van der Waals surface area contributed by atoms with E-state index in [1.165, 1.54) is 11.3 Å². The van der Waals surface area contributed by atoms with E-state index < -0.39 is 0 Å². The number of aromatic nitrogens is 4. The van der Waals surface area contributed by atoms with Crippen molar-refractivity contribution >= 4 is 39.4 Å². The number of ether oxygens (including phenoxy) is 1. The van der Waals surface area contributed by atoms with E-state index in [2.05, 4.69) is 36.6 Å². The molecule has 0 spiro atoms. The number of anilines is 2. The molecule has 0 saturated carbocycles. The van der Waals surface area contributed by atoms with Gasteiger partial charge in [-0.15, -0.1) is 11.3 Å². The summed E-state index contributed by atoms with van der Waals surface area (Å²) in [6, 6.07) is 11.7. The van der Waals surface area contributed by atoms with Crippen molar-refractivity contribution in [2.45, 2.75) is 0 Å². The van der Waals surface area contributed by atoms with Crippen LogP contribution in [0.15, 0.2) is 54.0 Å². The van der Waals surface area contributed by atoms with E-state index >= 15 is 0 Å². The van der Waals surface area contributed by atoms with Crippen LogP contribution in [0.2, 0.25) is 0 Å². The van der Waals surface area contributed by atoms with Crippen LogP contribution in [0.3, 0.4) is 0 Å².